The quantitative estimate of drug-likeness (QED) is 0.154. The standard InChI is InChI=1S/C34H30Cl2N2O6S/c1-3-38(45(42,43)26-14-16-31-28(20-26)22(2)32(44-31)34(40)41)30-15-13-25(35)19-24(30)21-37(18-17-23-9-5-4-6-10-23)33(39)27-11-7-8-12-29(27)36/h4-16,19-20H,3,17-18,21H2,1-2H3,(H,40,41). The first kappa shape index (κ1) is 32.1. The van der Waals surface area contributed by atoms with E-state index < -0.39 is 16.0 Å². The van der Waals surface area contributed by atoms with Crippen molar-refractivity contribution in [3.8, 4) is 0 Å². The summed E-state index contributed by atoms with van der Waals surface area (Å²) in [4.78, 5) is 27.1. The molecule has 0 atom stereocenters. The van der Waals surface area contributed by atoms with Crippen molar-refractivity contribution in [3.63, 3.8) is 0 Å². The van der Waals surface area contributed by atoms with E-state index in [0.29, 0.717) is 50.8 Å². The number of carboxylic acids is 1. The molecule has 5 aromatic rings. The zero-order valence-corrected chi connectivity index (χ0v) is 26.9. The number of nitrogens with zero attached hydrogens (tertiary/aromatic N) is 2. The molecule has 0 fully saturated rings. The molecule has 232 valence electrons. The zero-order chi connectivity index (χ0) is 32.3. The Labute approximate surface area is 271 Å². The molecule has 8 nitrogen and oxygen atoms in total. The largest absolute Gasteiger partial charge is 0.475 e. The molecule has 1 amide bonds. The smallest absolute Gasteiger partial charge is 0.372 e. The molecule has 11 heteroatoms. The van der Waals surface area contributed by atoms with E-state index in [1.807, 2.05) is 30.3 Å². The molecule has 0 spiro atoms. The summed E-state index contributed by atoms with van der Waals surface area (Å²) in [6.45, 7) is 3.74. The Morgan fingerprint density at radius 1 is 0.911 bits per heavy atom. The van der Waals surface area contributed by atoms with Gasteiger partial charge in [0.05, 0.1) is 21.2 Å². The Morgan fingerprint density at radius 3 is 2.31 bits per heavy atom. The Morgan fingerprint density at radius 2 is 1.62 bits per heavy atom. The third-order valence-electron chi connectivity index (χ3n) is 7.55. The highest BCUT2D eigenvalue weighted by Crippen LogP contribution is 2.34. The van der Waals surface area contributed by atoms with Gasteiger partial charge in [-0.15, -0.1) is 0 Å². The number of benzene rings is 4. The number of sulfonamides is 1. The summed E-state index contributed by atoms with van der Waals surface area (Å²) in [6.07, 6.45) is 0.561. The summed E-state index contributed by atoms with van der Waals surface area (Å²) in [5.41, 5.74) is 2.85. The second-order valence-corrected chi connectivity index (χ2v) is 13.1. The van der Waals surface area contributed by atoms with E-state index in [9.17, 15) is 23.1 Å². The normalized spacial score (nSPS) is 11.5. The number of amides is 1. The number of fused-ring (bicyclic) bond motifs is 1. The summed E-state index contributed by atoms with van der Waals surface area (Å²) in [5, 5.41) is 10.5. The van der Waals surface area contributed by atoms with Crippen molar-refractivity contribution in [2.45, 2.75) is 31.7 Å². The number of aromatic carboxylic acids is 1. The van der Waals surface area contributed by atoms with Gasteiger partial charge in [-0.2, -0.15) is 0 Å². The van der Waals surface area contributed by atoms with Crippen molar-refractivity contribution in [3.05, 3.63) is 129 Å². The van der Waals surface area contributed by atoms with E-state index in [1.54, 1.807) is 61.2 Å². The number of anilines is 1. The highest BCUT2D eigenvalue weighted by atomic mass is 35.5. The van der Waals surface area contributed by atoms with E-state index >= 15 is 0 Å². The summed E-state index contributed by atoms with van der Waals surface area (Å²) >= 11 is 12.9. The van der Waals surface area contributed by atoms with Gasteiger partial charge in [-0.3, -0.25) is 9.10 Å². The van der Waals surface area contributed by atoms with Gasteiger partial charge in [-0.05, 0) is 79.9 Å². The number of halogens is 2. The number of aryl methyl sites for hydroxylation is 1. The monoisotopic (exact) mass is 664 g/mol. The topological polar surface area (TPSA) is 108 Å². The first-order valence-electron chi connectivity index (χ1n) is 14.2. The van der Waals surface area contributed by atoms with Crippen molar-refractivity contribution in [2.24, 2.45) is 0 Å². The fourth-order valence-corrected chi connectivity index (χ4v) is 7.21. The van der Waals surface area contributed by atoms with Crippen LogP contribution in [0.5, 0.6) is 0 Å². The predicted molar refractivity (Wildman–Crippen MR) is 176 cm³/mol. The van der Waals surface area contributed by atoms with E-state index in [-0.39, 0.29) is 35.2 Å². The minimum Gasteiger partial charge on any atom is -0.475 e. The third-order valence-corrected chi connectivity index (χ3v) is 10.0. The van der Waals surface area contributed by atoms with Crippen LogP contribution >= 0.6 is 23.2 Å². The maximum Gasteiger partial charge on any atom is 0.372 e. The van der Waals surface area contributed by atoms with Crippen LogP contribution in [-0.4, -0.2) is 43.4 Å². The Kier molecular flexibility index (Phi) is 9.53. The molecule has 0 bridgehead atoms. The van der Waals surface area contributed by atoms with Gasteiger partial charge >= 0.3 is 5.97 Å². The molecular formula is C34H30Cl2N2O6S. The predicted octanol–water partition coefficient (Wildman–Crippen LogP) is 7.85. The van der Waals surface area contributed by atoms with Crippen LogP contribution < -0.4 is 4.31 Å². The first-order chi connectivity index (χ1) is 21.5. The molecular weight excluding hydrogens is 635 g/mol. The number of furan rings is 1. The lowest BCUT2D eigenvalue weighted by Crippen LogP contribution is -2.35. The fourth-order valence-electron chi connectivity index (χ4n) is 5.26. The van der Waals surface area contributed by atoms with Crippen molar-refractivity contribution >= 4 is 61.8 Å². The molecule has 0 saturated heterocycles. The summed E-state index contributed by atoms with van der Waals surface area (Å²) < 4.78 is 35.0. The molecule has 0 aliphatic rings. The maximum absolute atomic E-state index is 14.1. The molecule has 5 rings (SSSR count). The van der Waals surface area contributed by atoms with Gasteiger partial charge in [-0.25, -0.2) is 13.2 Å². The summed E-state index contributed by atoms with van der Waals surface area (Å²) in [7, 11) is -4.15. The minimum absolute atomic E-state index is 0.0355. The third kappa shape index (κ3) is 6.71. The lowest BCUT2D eigenvalue weighted by atomic mass is 10.1. The zero-order valence-electron chi connectivity index (χ0n) is 24.5. The summed E-state index contributed by atoms with van der Waals surface area (Å²) in [5.74, 6) is -1.79. The molecule has 45 heavy (non-hydrogen) atoms. The Balaban J connectivity index is 1.54. The van der Waals surface area contributed by atoms with E-state index in [1.165, 1.54) is 22.5 Å². The molecule has 4 aromatic carbocycles. The lowest BCUT2D eigenvalue weighted by Gasteiger charge is -2.29. The lowest BCUT2D eigenvalue weighted by molar-refractivity contribution is 0.0663. The van der Waals surface area contributed by atoms with Gasteiger partial charge in [0.1, 0.15) is 5.58 Å². The average Bonchev–Trinajstić information content (AvgIpc) is 3.36. The van der Waals surface area contributed by atoms with Crippen LogP contribution in [0, 0.1) is 6.92 Å². The molecule has 0 aliphatic heterocycles. The first-order valence-corrected chi connectivity index (χ1v) is 16.4. The number of rotatable bonds is 11. The van der Waals surface area contributed by atoms with Crippen molar-refractivity contribution in [1.29, 1.82) is 0 Å². The number of hydrogen-bond donors (Lipinski definition) is 1. The van der Waals surface area contributed by atoms with Gasteiger partial charge in [0.2, 0.25) is 5.76 Å². The van der Waals surface area contributed by atoms with Gasteiger partial charge in [0.25, 0.3) is 15.9 Å². The number of carbonyl (C=O) groups excluding carboxylic acids is 1. The van der Waals surface area contributed by atoms with Crippen LogP contribution in [0.1, 0.15) is 44.5 Å². The number of carbonyl (C=O) groups is 2. The van der Waals surface area contributed by atoms with Crippen molar-refractivity contribution in [2.75, 3.05) is 17.4 Å². The highest BCUT2D eigenvalue weighted by molar-refractivity contribution is 7.92. The average molecular weight is 666 g/mol. The van der Waals surface area contributed by atoms with Crippen LogP contribution in [0.3, 0.4) is 0 Å². The maximum atomic E-state index is 14.1. The van der Waals surface area contributed by atoms with Crippen LogP contribution in [0.15, 0.2) is 100 Å². The molecule has 0 radical (unpaired) electrons. The van der Waals surface area contributed by atoms with Crippen LogP contribution in [0.25, 0.3) is 11.0 Å². The van der Waals surface area contributed by atoms with Crippen molar-refractivity contribution < 1.29 is 27.5 Å². The molecule has 0 aliphatic carbocycles. The number of hydrogen-bond acceptors (Lipinski definition) is 5. The fraction of sp³-hybridized carbons (Fsp3) is 0.176. The molecule has 0 unspecified atom stereocenters. The molecule has 1 N–H and O–H groups in total. The number of carboxylic acid groups (broad SMARTS) is 1. The van der Waals surface area contributed by atoms with Gasteiger partial charge in [0, 0.05) is 35.6 Å². The van der Waals surface area contributed by atoms with Gasteiger partial charge in [-0.1, -0.05) is 65.7 Å². The van der Waals surface area contributed by atoms with Gasteiger partial charge < -0.3 is 14.4 Å². The molecule has 1 heterocycles. The SMILES string of the molecule is CCN(c1ccc(Cl)cc1CN(CCc1ccccc1)C(=O)c1ccccc1Cl)S(=O)(=O)c1ccc2oc(C(=O)O)c(C)c2c1. The van der Waals surface area contributed by atoms with Crippen LogP contribution in [0.2, 0.25) is 10.0 Å². The highest BCUT2D eigenvalue weighted by Gasteiger charge is 2.29. The Bertz CT molecular complexity index is 1990. The molecule has 1 aromatic heterocycles. The Hall–Kier alpha value is -4.31. The van der Waals surface area contributed by atoms with E-state index in [2.05, 4.69) is 0 Å². The van der Waals surface area contributed by atoms with Gasteiger partial charge in [0.15, 0.2) is 0 Å². The van der Waals surface area contributed by atoms with Crippen molar-refractivity contribution in [1.82, 2.24) is 4.90 Å². The second-order valence-electron chi connectivity index (χ2n) is 10.4. The second kappa shape index (κ2) is 13.4. The van der Waals surface area contributed by atoms with Crippen LogP contribution in [0.4, 0.5) is 5.69 Å². The summed E-state index contributed by atoms with van der Waals surface area (Å²) in [6, 6.07) is 25.7. The van der Waals surface area contributed by atoms with E-state index in [0.717, 1.165) is 5.56 Å². The molecule has 0 saturated carbocycles. The minimum atomic E-state index is -4.15. The van der Waals surface area contributed by atoms with Crippen LogP contribution in [-0.2, 0) is 23.0 Å². The van der Waals surface area contributed by atoms with E-state index in [4.69, 9.17) is 27.6 Å².